The number of halogens is 16. The third-order valence-electron chi connectivity index (χ3n) is 22.5. The average molecular weight is 1420 g/mol. The van der Waals surface area contributed by atoms with Crippen LogP contribution in [0.5, 0.6) is 0 Å². The first-order chi connectivity index (χ1) is 43.7. The lowest BCUT2D eigenvalue weighted by molar-refractivity contribution is -0.735. The van der Waals surface area contributed by atoms with Gasteiger partial charge in [-0.05, 0) is 90.8 Å². The van der Waals surface area contributed by atoms with Crippen LogP contribution in [0.15, 0.2) is 60.7 Å². The lowest BCUT2D eigenvalue weighted by atomic mass is 9.12. The summed E-state index contributed by atoms with van der Waals surface area (Å²) in [6, 6.07) is 20.9. The first-order valence-corrected chi connectivity index (χ1v) is 42.2. The van der Waals surface area contributed by atoms with E-state index in [0.29, 0.717) is 0 Å². The minimum atomic E-state index is -6.86. The molecule has 1 nitrogen and oxygen atoms in total. The molecular formula is C73H98BF16NSi4. The minimum Gasteiger partial charge on any atom is -0.273 e. The second kappa shape index (κ2) is 29.9. The van der Waals surface area contributed by atoms with Crippen molar-refractivity contribution >= 4 is 92.4 Å². The topological polar surface area (TPSA) is 4.44 Å². The second-order valence-corrected chi connectivity index (χ2v) is 53.3. The summed E-state index contributed by atoms with van der Waals surface area (Å²) in [5, 5.41) is -5.31. The minimum absolute atomic E-state index is 0.866. The van der Waals surface area contributed by atoms with Crippen LogP contribution in [0.2, 0.25) is 66.5 Å². The predicted molar refractivity (Wildman–Crippen MR) is 371 cm³/mol. The summed E-state index contributed by atoms with van der Waals surface area (Å²) in [7, 11) is -14.6. The Balaban J connectivity index is 0.00000102. The average Bonchev–Trinajstić information content (AvgIpc) is 0.671. The molecule has 0 heterocycles. The summed E-state index contributed by atoms with van der Waals surface area (Å²) in [4.78, 5) is 1.33. The molecule has 0 bridgehead atoms. The summed E-state index contributed by atoms with van der Waals surface area (Å²) in [6.07, 6.45) is -6.86. The van der Waals surface area contributed by atoms with Crippen molar-refractivity contribution in [3.05, 3.63) is 154 Å². The van der Waals surface area contributed by atoms with E-state index in [4.69, 9.17) is 0 Å². The number of para-hydroxylation sites is 2. The van der Waals surface area contributed by atoms with Crippen LogP contribution in [-0.4, -0.2) is 45.5 Å². The first kappa shape index (κ1) is 80.8. The van der Waals surface area contributed by atoms with Crippen LogP contribution in [0.25, 0.3) is 0 Å². The van der Waals surface area contributed by atoms with Gasteiger partial charge in [-0.3, -0.25) is 4.90 Å². The van der Waals surface area contributed by atoms with E-state index in [-0.39, 0.29) is 0 Å². The van der Waals surface area contributed by atoms with Gasteiger partial charge in [-0.25, -0.2) is 70.2 Å². The van der Waals surface area contributed by atoms with E-state index in [1.54, 1.807) is 0 Å². The second-order valence-electron chi connectivity index (χ2n) is 30.0. The maximum atomic E-state index is 18.7. The molecule has 0 radical (unpaired) electrons. The van der Waals surface area contributed by atoms with Crippen molar-refractivity contribution < 1.29 is 75.1 Å². The zero-order valence-corrected chi connectivity index (χ0v) is 63.8. The Labute approximate surface area is 558 Å². The summed E-state index contributed by atoms with van der Waals surface area (Å²) in [6.45, 7) is 35.2. The molecule has 0 spiro atoms. The van der Waals surface area contributed by atoms with Crippen LogP contribution in [0.3, 0.4) is 0 Å². The van der Waals surface area contributed by atoms with Gasteiger partial charge in [0.2, 0.25) is 0 Å². The Bertz CT molecular complexity index is 3090. The number of hydrogen-bond acceptors (Lipinski definition) is 0. The molecule has 0 aliphatic carbocycles. The van der Waals surface area contributed by atoms with E-state index in [0.717, 1.165) is 0 Å². The molecule has 0 aromatic heterocycles. The number of quaternary nitrogens is 1. The number of benzene rings is 6. The summed E-state index contributed by atoms with van der Waals surface area (Å²) in [5.41, 5.74) is -19.3. The summed E-state index contributed by atoms with van der Waals surface area (Å²) >= 11 is 0. The predicted octanol–water partition coefficient (Wildman–Crippen LogP) is 19.0. The van der Waals surface area contributed by atoms with E-state index in [2.05, 4.69) is 55.6 Å². The molecule has 0 aliphatic heterocycles. The van der Waals surface area contributed by atoms with Crippen molar-refractivity contribution in [3.8, 4) is 0 Å². The highest BCUT2D eigenvalue weighted by molar-refractivity contribution is 7.20. The Morgan fingerprint density at radius 2 is 0.347 bits per heavy atom. The van der Waals surface area contributed by atoms with E-state index in [9.17, 15) is 0 Å². The van der Waals surface area contributed by atoms with Gasteiger partial charge in [0, 0.05) is 20.7 Å². The van der Waals surface area contributed by atoms with Crippen LogP contribution in [0.4, 0.5) is 81.6 Å². The molecule has 6 aromatic rings. The Morgan fingerprint density at radius 3 is 0.463 bits per heavy atom. The highest BCUT2D eigenvalue weighted by atomic mass is 28.3. The third kappa shape index (κ3) is 12.2. The van der Waals surface area contributed by atoms with Gasteiger partial charge in [-0.2, -0.15) is 0 Å². The molecule has 6 rings (SSSR count). The number of nitrogens with one attached hydrogen (secondary N) is 1. The fraction of sp³-hybridized carbons (Fsp3) is 0.507. The smallest absolute Gasteiger partial charge is 0.157 e. The molecule has 95 heavy (non-hydrogen) atoms. The molecule has 0 unspecified atom stereocenters. The summed E-state index contributed by atoms with van der Waals surface area (Å²) < 4.78 is 295. The molecule has 22 heteroatoms. The van der Waals surface area contributed by atoms with Gasteiger partial charge >= 0.3 is 0 Å². The number of rotatable bonds is 22. The fourth-order valence-corrected chi connectivity index (χ4v) is 46.4. The quantitative estimate of drug-likeness (QED) is 0.0393. The number of hydrogen-bond donors (Lipinski definition) is 1. The molecule has 1 N–H and O–H groups in total. The van der Waals surface area contributed by atoms with Crippen LogP contribution in [0.1, 0.15) is 166 Å². The van der Waals surface area contributed by atoms with Gasteiger partial charge in [-0.1, -0.05) is 203 Å². The molecule has 0 aliphatic rings. The molecule has 6 aromatic carbocycles. The molecule has 0 atom stereocenters. The van der Waals surface area contributed by atoms with Gasteiger partial charge in [0.1, 0.15) is 96.4 Å². The SMILES string of the molecule is CC(C)[Si](c1c(F)c(F)c([B-](c2c(F)c(F)c([Si](C(C)C)(C(C)C)C(C)C)c(F)c2F)(c2c(F)c(F)c([Si](C(C)C)(C(C)C)C(C)C)c(F)c2F)c2c(F)c(F)c([Si](C(C)C)(C(C)C)C(C)C)c(F)c2F)c(F)c1F)(C(C)C)C(C)C.C[NH+](c1ccccc1)c1ccccc1. The Kier molecular flexibility index (Phi) is 25.4. The monoisotopic (exact) mass is 1420 g/mol. The lowest BCUT2D eigenvalue weighted by Gasteiger charge is -2.49. The van der Waals surface area contributed by atoms with Gasteiger partial charge in [0.25, 0.3) is 0 Å². The van der Waals surface area contributed by atoms with Crippen LogP contribution >= 0.6 is 0 Å². The van der Waals surface area contributed by atoms with Gasteiger partial charge < -0.3 is 0 Å². The zero-order chi connectivity index (χ0) is 73.1. The van der Waals surface area contributed by atoms with E-state index < -0.39 is 241 Å². The van der Waals surface area contributed by atoms with Crippen molar-refractivity contribution in [3.63, 3.8) is 0 Å². The summed E-state index contributed by atoms with van der Waals surface area (Å²) in [5.74, 6) is -43.6. The molecule has 0 amide bonds. The normalized spacial score (nSPS) is 13.3. The van der Waals surface area contributed by atoms with Crippen LogP contribution in [-0.2, 0) is 0 Å². The molecular weight excluding hydrogens is 1320 g/mol. The van der Waals surface area contributed by atoms with Crippen molar-refractivity contribution in [2.75, 3.05) is 7.05 Å². The highest BCUT2D eigenvalue weighted by Crippen LogP contribution is 2.48. The van der Waals surface area contributed by atoms with Crippen molar-refractivity contribution in [1.82, 2.24) is 0 Å². The van der Waals surface area contributed by atoms with Crippen LogP contribution < -0.4 is 47.5 Å². The highest BCUT2D eigenvalue weighted by Gasteiger charge is 2.59. The maximum absolute atomic E-state index is 18.7. The van der Waals surface area contributed by atoms with Gasteiger partial charge in [0.15, 0.2) is 46.5 Å². The molecule has 0 fully saturated rings. The van der Waals surface area contributed by atoms with Crippen molar-refractivity contribution in [2.45, 2.75) is 233 Å². The molecule has 0 saturated carbocycles. The van der Waals surface area contributed by atoms with Crippen molar-refractivity contribution in [1.29, 1.82) is 0 Å². The van der Waals surface area contributed by atoms with Crippen LogP contribution in [0, 0.1) is 93.1 Å². The fourth-order valence-electron chi connectivity index (χ4n) is 19.5. The molecule has 0 saturated heterocycles. The third-order valence-corrected chi connectivity index (χ3v) is 50.7. The largest absolute Gasteiger partial charge is 0.273 e. The Morgan fingerprint density at radius 1 is 0.221 bits per heavy atom. The maximum Gasteiger partial charge on any atom is 0.157 e. The standard InChI is InChI=1S/C60H84BF16Si4.C13H13N/c1-25(2)78(26(3)4,27(5)6)57-49(70)41(62)37(42(63)50(57)71)61(38-43(64)51(72)58(52(73)44(38)65)79(28(7)8,29(9)10)30(11)12,39-45(66)53(74)59(54(75)46(39)67)80(31(13)14,32(15)16)33(17)18)40-47(68)55(76)60(56(77)48(40)69)81(34(19)20,35(21)22)36(23)24;1-14(12-8-4-2-5-9-12)13-10-6-3-7-11-13/h25-36H,1-24H3;2-11H,1H3/q-1;/p+1. The van der Waals surface area contributed by atoms with E-state index in [1.807, 2.05) is 12.1 Å². The lowest BCUT2D eigenvalue weighted by Crippen LogP contribution is -2.98. The zero-order valence-electron chi connectivity index (χ0n) is 59.8. The van der Waals surface area contributed by atoms with Gasteiger partial charge in [0.05, 0.1) is 7.05 Å². The van der Waals surface area contributed by atoms with Crippen molar-refractivity contribution in [2.24, 2.45) is 0 Å². The van der Waals surface area contributed by atoms with E-state index >= 15 is 70.2 Å². The Hall–Kier alpha value is -4.91. The first-order valence-electron chi connectivity index (χ1n) is 33.3. The van der Waals surface area contributed by atoms with Gasteiger partial charge in [-0.15, -0.1) is 21.9 Å². The molecule has 526 valence electrons. The van der Waals surface area contributed by atoms with E-state index in [1.165, 1.54) is 182 Å².